The van der Waals surface area contributed by atoms with Crippen LogP contribution in [0.4, 0.5) is 0 Å². The average Bonchev–Trinajstić information content (AvgIpc) is 2.66. The first-order valence-electron chi connectivity index (χ1n) is 5.62. The summed E-state index contributed by atoms with van der Waals surface area (Å²) < 4.78 is 0. The Bertz CT molecular complexity index is 199. The van der Waals surface area contributed by atoms with E-state index in [0.717, 1.165) is 26.2 Å². The Morgan fingerprint density at radius 1 is 1.43 bits per heavy atom. The summed E-state index contributed by atoms with van der Waals surface area (Å²) in [5, 5.41) is 0. The zero-order valence-corrected chi connectivity index (χ0v) is 9.26. The Morgan fingerprint density at radius 3 is 2.50 bits per heavy atom. The van der Waals surface area contributed by atoms with Gasteiger partial charge in [-0.05, 0) is 31.3 Å². The van der Waals surface area contributed by atoms with Gasteiger partial charge in [-0.15, -0.1) is 6.42 Å². The summed E-state index contributed by atoms with van der Waals surface area (Å²) in [6, 6.07) is 0. The fourth-order valence-corrected chi connectivity index (χ4v) is 2.43. The van der Waals surface area contributed by atoms with Crippen LogP contribution in [-0.2, 0) is 0 Å². The number of rotatable bonds is 5. The molecule has 14 heavy (non-hydrogen) atoms. The summed E-state index contributed by atoms with van der Waals surface area (Å²) >= 11 is 0. The van der Waals surface area contributed by atoms with Crippen LogP contribution in [-0.4, -0.2) is 31.1 Å². The van der Waals surface area contributed by atoms with E-state index in [1.807, 2.05) is 0 Å². The molecule has 0 bridgehead atoms. The minimum atomic E-state index is 0.368. The molecule has 0 aromatic carbocycles. The Balaban J connectivity index is 2.50. The van der Waals surface area contributed by atoms with E-state index in [4.69, 9.17) is 12.2 Å². The minimum absolute atomic E-state index is 0.368. The first-order chi connectivity index (χ1) is 6.76. The molecule has 0 heterocycles. The molecule has 0 aliphatic heterocycles. The minimum Gasteiger partial charge on any atom is -0.330 e. The van der Waals surface area contributed by atoms with Crippen molar-refractivity contribution in [2.24, 2.45) is 11.1 Å². The third kappa shape index (κ3) is 2.73. The van der Waals surface area contributed by atoms with Crippen LogP contribution in [0.5, 0.6) is 0 Å². The lowest BCUT2D eigenvalue weighted by Crippen LogP contribution is -2.41. The molecule has 2 N–H and O–H groups in total. The van der Waals surface area contributed by atoms with Crippen molar-refractivity contribution in [3.8, 4) is 12.3 Å². The number of nitrogens with two attached hydrogens (primary N) is 1. The maximum atomic E-state index is 5.89. The highest BCUT2D eigenvalue weighted by Gasteiger charge is 2.33. The van der Waals surface area contributed by atoms with E-state index in [0.29, 0.717) is 5.41 Å². The highest BCUT2D eigenvalue weighted by molar-refractivity contribution is 4.93. The van der Waals surface area contributed by atoms with Gasteiger partial charge in [-0.25, -0.2) is 0 Å². The van der Waals surface area contributed by atoms with Gasteiger partial charge in [0, 0.05) is 6.54 Å². The first-order valence-corrected chi connectivity index (χ1v) is 5.62. The van der Waals surface area contributed by atoms with E-state index < -0.39 is 0 Å². The Hall–Kier alpha value is -0.520. The third-order valence-electron chi connectivity index (χ3n) is 3.42. The zero-order valence-electron chi connectivity index (χ0n) is 9.26. The van der Waals surface area contributed by atoms with Gasteiger partial charge in [0.1, 0.15) is 0 Å². The summed E-state index contributed by atoms with van der Waals surface area (Å²) in [7, 11) is 0. The van der Waals surface area contributed by atoms with Gasteiger partial charge in [0.15, 0.2) is 0 Å². The molecule has 1 saturated carbocycles. The molecule has 80 valence electrons. The Morgan fingerprint density at radius 2 is 2.07 bits per heavy atom. The fourth-order valence-electron chi connectivity index (χ4n) is 2.43. The Labute approximate surface area is 87.8 Å². The average molecular weight is 194 g/mol. The van der Waals surface area contributed by atoms with Crippen LogP contribution in [0.3, 0.4) is 0 Å². The second kappa shape index (κ2) is 5.38. The SMILES string of the molecule is C#CCN(CC)CC1(CN)CCCC1. The van der Waals surface area contributed by atoms with Crippen LogP contribution in [0, 0.1) is 17.8 Å². The molecule has 1 rings (SSSR count). The van der Waals surface area contributed by atoms with Gasteiger partial charge in [-0.3, -0.25) is 4.90 Å². The summed E-state index contributed by atoms with van der Waals surface area (Å²) in [5.74, 6) is 2.72. The largest absolute Gasteiger partial charge is 0.330 e. The second-order valence-electron chi connectivity index (χ2n) is 4.42. The quantitative estimate of drug-likeness (QED) is 0.671. The molecule has 0 aromatic heterocycles. The van der Waals surface area contributed by atoms with Crippen molar-refractivity contribution in [1.82, 2.24) is 4.90 Å². The number of nitrogens with zero attached hydrogens (tertiary/aromatic N) is 1. The normalized spacial score (nSPS) is 19.9. The van der Waals surface area contributed by atoms with Crippen LogP contribution < -0.4 is 5.73 Å². The van der Waals surface area contributed by atoms with Crippen LogP contribution in [0.2, 0.25) is 0 Å². The standard InChI is InChI=1S/C12H22N2/c1-3-9-14(4-2)11-12(10-13)7-5-6-8-12/h1H,4-11,13H2,2H3. The second-order valence-corrected chi connectivity index (χ2v) is 4.42. The van der Waals surface area contributed by atoms with E-state index in [1.54, 1.807) is 0 Å². The fraction of sp³-hybridized carbons (Fsp3) is 0.833. The number of terminal acetylenes is 1. The lowest BCUT2D eigenvalue weighted by Gasteiger charge is -2.33. The molecule has 0 spiro atoms. The topological polar surface area (TPSA) is 29.3 Å². The molecule has 0 radical (unpaired) electrons. The molecule has 1 fully saturated rings. The van der Waals surface area contributed by atoms with Gasteiger partial charge in [0.25, 0.3) is 0 Å². The summed E-state index contributed by atoms with van der Waals surface area (Å²) in [5.41, 5.74) is 6.26. The van der Waals surface area contributed by atoms with Crippen molar-refractivity contribution < 1.29 is 0 Å². The molecule has 0 saturated heterocycles. The van der Waals surface area contributed by atoms with E-state index >= 15 is 0 Å². The highest BCUT2D eigenvalue weighted by Crippen LogP contribution is 2.37. The smallest absolute Gasteiger partial charge is 0.0599 e. The van der Waals surface area contributed by atoms with Crippen molar-refractivity contribution in [2.45, 2.75) is 32.6 Å². The van der Waals surface area contributed by atoms with Crippen LogP contribution in [0.25, 0.3) is 0 Å². The lowest BCUT2D eigenvalue weighted by atomic mass is 9.85. The molecule has 0 unspecified atom stereocenters. The van der Waals surface area contributed by atoms with Crippen LogP contribution >= 0.6 is 0 Å². The van der Waals surface area contributed by atoms with Crippen LogP contribution in [0.1, 0.15) is 32.6 Å². The van der Waals surface area contributed by atoms with Gasteiger partial charge in [-0.1, -0.05) is 25.7 Å². The van der Waals surface area contributed by atoms with E-state index in [2.05, 4.69) is 17.7 Å². The maximum Gasteiger partial charge on any atom is 0.0599 e. The maximum absolute atomic E-state index is 5.89. The van der Waals surface area contributed by atoms with Crippen molar-refractivity contribution in [1.29, 1.82) is 0 Å². The number of hydrogen-bond donors (Lipinski definition) is 1. The van der Waals surface area contributed by atoms with E-state index in [9.17, 15) is 0 Å². The first kappa shape index (κ1) is 11.6. The van der Waals surface area contributed by atoms with Gasteiger partial charge in [0.2, 0.25) is 0 Å². The molecule has 2 heteroatoms. The molecule has 1 aliphatic rings. The summed E-state index contributed by atoms with van der Waals surface area (Å²) in [4.78, 5) is 2.33. The molecule has 0 atom stereocenters. The third-order valence-corrected chi connectivity index (χ3v) is 3.42. The molecule has 2 nitrogen and oxygen atoms in total. The van der Waals surface area contributed by atoms with E-state index in [1.165, 1.54) is 25.7 Å². The monoisotopic (exact) mass is 194 g/mol. The van der Waals surface area contributed by atoms with Crippen molar-refractivity contribution >= 4 is 0 Å². The Kier molecular flexibility index (Phi) is 4.44. The van der Waals surface area contributed by atoms with Gasteiger partial charge >= 0.3 is 0 Å². The van der Waals surface area contributed by atoms with Gasteiger partial charge in [0.05, 0.1) is 6.54 Å². The van der Waals surface area contributed by atoms with Gasteiger partial charge in [-0.2, -0.15) is 0 Å². The van der Waals surface area contributed by atoms with Crippen molar-refractivity contribution in [3.63, 3.8) is 0 Å². The van der Waals surface area contributed by atoms with Crippen LogP contribution in [0.15, 0.2) is 0 Å². The molecular weight excluding hydrogens is 172 g/mol. The van der Waals surface area contributed by atoms with Crippen molar-refractivity contribution in [3.05, 3.63) is 0 Å². The van der Waals surface area contributed by atoms with E-state index in [-0.39, 0.29) is 0 Å². The predicted octanol–water partition coefficient (Wildman–Crippen LogP) is 1.46. The van der Waals surface area contributed by atoms with Crippen molar-refractivity contribution in [2.75, 3.05) is 26.2 Å². The molecule has 1 aliphatic carbocycles. The zero-order chi connectivity index (χ0) is 10.4. The summed E-state index contributed by atoms with van der Waals surface area (Å²) in [6.45, 7) is 5.86. The summed E-state index contributed by atoms with van der Waals surface area (Å²) in [6.07, 6.45) is 10.6. The highest BCUT2D eigenvalue weighted by atomic mass is 15.1. The molecular formula is C12H22N2. The molecule has 0 aromatic rings. The number of hydrogen-bond acceptors (Lipinski definition) is 2. The lowest BCUT2D eigenvalue weighted by molar-refractivity contribution is 0.178. The molecule has 0 amide bonds. The predicted molar refractivity (Wildman–Crippen MR) is 60.9 cm³/mol. The van der Waals surface area contributed by atoms with Gasteiger partial charge < -0.3 is 5.73 Å².